The summed E-state index contributed by atoms with van der Waals surface area (Å²) in [6, 6.07) is 15.9. The molecule has 2 aromatic carbocycles. The molecule has 1 aromatic heterocycles. The standard InChI is InChI=1S/C19H17N3O2S2/c1-13-6-2-3-7-14(13)18-20-21-19(24-18)26-12-17(23)22-10-11-25-16-9-5-4-8-15(16)22/h2-9H,10-12H2,1H3. The van der Waals surface area contributed by atoms with Crippen LogP contribution in [-0.4, -0.2) is 34.2 Å². The smallest absolute Gasteiger partial charge is 0.277 e. The normalized spacial score (nSPS) is 13.5. The predicted octanol–water partition coefficient (Wildman–Crippen LogP) is 4.28. The number of nitrogens with zero attached hydrogens (tertiary/aromatic N) is 3. The topological polar surface area (TPSA) is 59.2 Å². The molecule has 0 bridgehead atoms. The maximum absolute atomic E-state index is 12.7. The Bertz CT molecular complexity index is 942. The Kier molecular flexibility index (Phi) is 4.99. The van der Waals surface area contributed by atoms with Gasteiger partial charge in [-0.1, -0.05) is 42.1 Å². The maximum atomic E-state index is 12.7. The van der Waals surface area contributed by atoms with Gasteiger partial charge in [0, 0.05) is 22.8 Å². The molecule has 0 fully saturated rings. The van der Waals surface area contributed by atoms with Crippen molar-refractivity contribution < 1.29 is 9.21 Å². The zero-order valence-electron chi connectivity index (χ0n) is 14.2. The molecule has 7 heteroatoms. The molecule has 26 heavy (non-hydrogen) atoms. The van der Waals surface area contributed by atoms with Gasteiger partial charge in [0.05, 0.1) is 11.4 Å². The lowest BCUT2D eigenvalue weighted by Crippen LogP contribution is -2.36. The third kappa shape index (κ3) is 3.50. The number of carbonyl (C=O) groups excluding carboxylic acids is 1. The number of anilines is 1. The number of thioether (sulfide) groups is 2. The monoisotopic (exact) mass is 383 g/mol. The first-order valence-corrected chi connectivity index (χ1v) is 10.2. The van der Waals surface area contributed by atoms with E-state index in [0.717, 1.165) is 34.0 Å². The van der Waals surface area contributed by atoms with Crippen LogP contribution in [-0.2, 0) is 4.79 Å². The van der Waals surface area contributed by atoms with Crippen LogP contribution in [0.25, 0.3) is 11.5 Å². The lowest BCUT2D eigenvalue weighted by Gasteiger charge is -2.28. The summed E-state index contributed by atoms with van der Waals surface area (Å²) in [6.45, 7) is 2.72. The molecule has 1 aliphatic rings. The van der Waals surface area contributed by atoms with E-state index < -0.39 is 0 Å². The SMILES string of the molecule is Cc1ccccc1-c1nnc(SCC(=O)N2CCSc3ccccc32)o1. The highest BCUT2D eigenvalue weighted by Gasteiger charge is 2.23. The summed E-state index contributed by atoms with van der Waals surface area (Å²) in [5, 5.41) is 8.59. The van der Waals surface area contributed by atoms with Gasteiger partial charge < -0.3 is 9.32 Å². The number of carbonyl (C=O) groups is 1. The van der Waals surface area contributed by atoms with E-state index in [0.29, 0.717) is 11.1 Å². The number of hydrogen-bond donors (Lipinski definition) is 0. The van der Waals surface area contributed by atoms with Crippen molar-refractivity contribution in [2.75, 3.05) is 23.0 Å². The van der Waals surface area contributed by atoms with Gasteiger partial charge in [0.15, 0.2) is 0 Å². The number of benzene rings is 2. The average molecular weight is 383 g/mol. The molecule has 3 aromatic rings. The quantitative estimate of drug-likeness (QED) is 0.627. The van der Waals surface area contributed by atoms with Crippen molar-refractivity contribution in [3.63, 3.8) is 0 Å². The van der Waals surface area contributed by atoms with Gasteiger partial charge in [-0.2, -0.15) is 0 Å². The van der Waals surface area contributed by atoms with E-state index in [9.17, 15) is 4.79 Å². The summed E-state index contributed by atoms with van der Waals surface area (Å²) < 4.78 is 5.72. The predicted molar refractivity (Wildman–Crippen MR) is 105 cm³/mol. The Morgan fingerprint density at radius 3 is 2.88 bits per heavy atom. The molecule has 5 nitrogen and oxygen atoms in total. The second-order valence-electron chi connectivity index (χ2n) is 5.84. The molecular weight excluding hydrogens is 366 g/mol. The van der Waals surface area contributed by atoms with Crippen LogP contribution in [0, 0.1) is 6.92 Å². The van der Waals surface area contributed by atoms with Gasteiger partial charge in [0.2, 0.25) is 11.8 Å². The van der Waals surface area contributed by atoms with Crippen molar-refractivity contribution in [1.82, 2.24) is 10.2 Å². The minimum atomic E-state index is 0.0541. The van der Waals surface area contributed by atoms with E-state index in [1.54, 1.807) is 11.8 Å². The van der Waals surface area contributed by atoms with Crippen molar-refractivity contribution in [1.29, 1.82) is 0 Å². The van der Waals surface area contributed by atoms with Crippen LogP contribution in [0.1, 0.15) is 5.56 Å². The molecule has 0 saturated carbocycles. The molecule has 132 valence electrons. The Morgan fingerprint density at radius 1 is 1.19 bits per heavy atom. The fraction of sp³-hybridized carbons (Fsp3) is 0.211. The largest absolute Gasteiger partial charge is 0.411 e. The van der Waals surface area contributed by atoms with Gasteiger partial charge >= 0.3 is 0 Å². The highest BCUT2D eigenvalue weighted by atomic mass is 32.2. The Balaban J connectivity index is 1.44. The molecule has 1 amide bonds. The minimum Gasteiger partial charge on any atom is -0.411 e. The van der Waals surface area contributed by atoms with Crippen molar-refractivity contribution in [3.8, 4) is 11.5 Å². The number of amides is 1. The second-order valence-corrected chi connectivity index (χ2v) is 7.90. The molecule has 0 atom stereocenters. The van der Waals surface area contributed by atoms with Crippen LogP contribution in [0.15, 0.2) is 63.1 Å². The van der Waals surface area contributed by atoms with Gasteiger partial charge in [-0.25, -0.2) is 0 Å². The van der Waals surface area contributed by atoms with Crippen LogP contribution in [0.3, 0.4) is 0 Å². The van der Waals surface area contributed by atoms with E-state index in [1.165, 1.54) is 11.8 Å². The summed E-state index contributed by atoms with van der Waals surface area (Å²) in [5.41, 5.74) is 2.98. The van der Waals surface area contributed by atoms with Gasteiger partial charge in [0.1, 0.15) is 0 Å². The average Bonchev–Trinajstić information content (AvgIpc) is 3.15. The fourth-order valence-electron chi connectivity index (χ4n) is 2.82. The maximum Gasteiger partial charge on any atom is 0.277 e. The highest BCUT2D eigenvalue weighted by Crippen LogP contribution is 2.35. The molecule has 4 rings (SSSR count). The van der Waals surface area contributed by atoms with E-state index in [2.05, 4.69) is 16.3 Å². The van der Waals surface area contributed by atoms with Crippen LogP contribution in [0.2, 0.25) is 0 Å². The van der Waals surface area contributed by atoms with E-state index in [1.807, 2.05) is 54.3 Å². The molecule has 0 spiro atoms. The molecule has 0 aliphatic carbocycles. The summed E-state index contributed by atoms with van der Waals surface area (Å²) in [4.78, 5) is 15.7. The number of aryl methyl sites for hydroxylation is 1. The van der Waals surface area contributed by atoms with Crippen molar-refractivity contribution in [3.05, 3.63) is 54.1 Å². The summed E-state index contributed by atoms with van der Waals surface area (Å²) in [5.74, 6) is 1.72. The van der Waals surface area contributed by atoms with Crippen molar-refractivity contribution in [2.24, 2.45) is 0 Å². The van der Waals surface area contributed by atoms with Crippen molar-refractivity contribution >= 4 is 35.1 Å². The van der Waals surface area contributed by atoms with Crippen LogP contribution >= 0.6 is 23.5 Å². The number of aromatic nitrogens is 2. The first kappa shape index (κ1) is 17.2. The van der Waals surface area contributed by atoms with Crippen LogP contribution in [0.5, 0.6) is 0 Å². The zero-order chi connectivity index (χ0) is 17.9. The zero-order valence-corrected chi connectivity index (χ0v) is 15.8. The first-order valence-electron chi connectivity index (χ1n) is 8.27. The lowest BCUT2D eigenvalue weighted by atomic mass is 10.1. The minimum absolute atomic E-state index is 0.0541. The first-order chi connectivity index (χ1) is 12.7. The Labute approximate surface area is 160 Å². The Hall–Kier alpha value is -2.25. The molecule has 0 N–H and O–H groups in total. The molecular formula is C19H17N3O2S2. The van der Waals surface area contributed by atoms with E-state index in [4.69, 9.17) is 4.42 Å². The van der Waals surface area contributed by atoms with E-state index in [-0.39, 0.29) is 11.7 Å². The van der Waals surface area contributed by atoms with Crippen LogP contribution in [0.4, 0.5) is 5.69 Å². The summed E-state index contributed by atoms with van der Waals surface area (Å²) >= 11 is 3.06. The second kappa shape index (κ2) is 7.55. The number of rotatable bonds is 4. The lowest BCUT2D eigenvalue weighted by molar-refractivity contribution is -0.116. The van der Waals surface area contributed by atoms with Gasteiger partial charge in [-0.3, -0.25) is 4.79 Å². The number of fused-ring (bicyclic) bond motifs is 1. The third-order valence-corrected chi connectivity index (χ3v) is 5.98. The van der Waals surface area contributed by atoms with Crippen molar-refractivity contribution in [2.45, 2.75) is 17.0 Å². The van der Waals surface area contributed by atoms with E-state index >= 15 is 0 Å². The number of para-hydroxylation sites is 1. The molecule has 0 unspecified atom stereocenters. The molecule has 0 radical (unpaired) electrons. The molecule has 2 heterocycles. The van der Waals surface area contributed by atoms with Crippen LogP contribution < -0.4 is 4.90 Å². The summed E-state index contributed by atoms with van der Waals surface area (Å²) in [7, 11) is 0. The molecule has 0 saturated heterocycles. The third-order valence-electron chi connectivity index (χ3n) is 4.13. The van der Waals surface area contributed by atoms with Gasteiger partial charge in [-0.15, -0.1) is 22.0 Å². The van der Waals surface area contributed by atoms with Gasteiger partial charge in [0.25, 0.3) is 5.22 Å². The van der Waals surface area contributed by atoms with Gasteiger partial charge in [-0.05, 0) is 30.7 Å². The fourth-order valence-corrected chi connectivity index (χ4v) is 4.45. The Morgan fingerprint density at radius 2 is 2.00 bits per heavy atom. The number of hydrogen-bond acceptors (Lipinski definition) is 6. The summed E-state index contributed by atoms with van der Waals surface area (Å²) in [6.07, 6.45) is 0. The molecule has 1 aliphatic heterocycles. The highest BCUT2D eigenvalue weighted by molar-refractivity contribution is 8.00.